The molecule has 2 N–H and O–H groups in total. The average Bonchev–Trinajstić information content (AvgIpc) is 2.77. The summed E-state index contributed by atoms with van der Waals surface area (Å²) in [6.45, 7) is 3.46. The molecule has 0 radical (unpaired) electrons. The van der Waals surface area contributed by atoms with Crippen LogP contribution >= 0.6 is 0 Å². The van der Waals surface area contributed by atoms with Crippen molar-refractivity contribution in [3.63, 3.8) is 0 Å². The predicted octanol–water partition coefficient (Wildman–Crippen LogP) is 4.44. The van der Waals surface area contributed by atoms with E-state index in [0.29, 0.717) is 22.6 Å². The van der Waals surface area contributed by atoms with E-state index in [1.807, 2.05) is 31.2 Å². The molecule has 0 atom stereocenters. The van der Waals surface area contributed by atoms with Crippen molar-refractivity contribution in [1.29, 1.82) is 0 Å². The van der Waals surface area contributed by atoms with Crippen LogP contribution in [0.5, 0.6) is 0 Å². The van der Waals surface area contributed by atoms with Gasteiger partial charge in [0, 0.05) is 30.1 Å². The third kappa shape index (κ3) is 4.65. The van der Waals surface area contributed by atoms with Crippen molar-refractivity contribution in [2.24, 2.45) is 0 Å². The summed E-state index contributed by atoms with van der Waals surface area (Å²) in [7, 11) is -4.11. The Morgan fingerprint density at radius 2 is 1.67 bits per heavy atom. The average molecular weight is 462 g/mol. The third-order valence-corrected chi connectivity index (χ3v) is 6.96. The minimum atomic E-state index is -4.11. The van der Waals surface area contributed by atoms with Crippen LogP contribution in [0.25, 0.3) is 0 Å². The number of aryl methyl sites for hydroxylation is 1. The van der Waals surface area contributed by atoms with Crippen molar-refractivity contribution in [2.75, 3.05) is 14.9 Å². The van der Waals surface area contributed by atoms with Gasteiger partial charge in [0.25, 0.3) is 10.0 Å². The SMILES string of the molecule is CC(=O)Nc1ccc(NC=C2C(=O)c3ccccc3N(Cc3cccc(C)c3)S2(=O)=O)cc1. The van der Waals surface area contributed by atoms with Crippen LogP contribution in [0.15, 0.2) is 83.9 Å². The van der Waals surface area contributed by atoms with E-state index in [0.717, 1.165) is 11.1 Å². The molecule has 3 aromatic rings. The number of rotatable bonds is 5. The number of hydrogen-bond acceptors (Lipinski definition) is 5. The zero-order valence-electron chi connectivity index (χ0n) is 18.2. The number of sulfonamides is 1. The van der Waals surface area contributed by atoms with Gasteiger partial charge in [-0.05, 0) is 48.9 Å². The fourth-order valence-corrected chi connectivity index (χ4v) is 5.20. The van der Waals surface area contributed by atoms with Crippen molar-refractivity contribution in [1.82, 2.24) is 0 Å². The van der Waals surface area contributed by atoms with E-state index in [1.54, 1.807) is 48.5 Å². The molecule has 0 fully saturated rings. The highest BCUT2D eigenvalue weighted by atomic mass is 32.2. The Morgan fingerprint density at radius 3 is 2.36 bits per heavy atom. The fraction of sp³-hybridized carbons (Fsp3) is 0.120. The Labute approximate surface area is 192 Å². The Hall–Kier alpha value is -3.91. The highest BCUT2D eigenvalue weighted by Crippen LogP contribution is 2.36. The van der Waals surface area contributed by atoms with Gasteiger partial charge in [-0.1, -0.05) is 42.0 Å². The molecule has 1 heterocycles. The Kier molecular flexibility index (Phi) is 6.02. The topological polar surface area (TPSA) is 95.6 Å². The molecule has 1 amide bonds. The lowest BCUT2D eigenvalue weighted by Gasteiger charge is -2.31. The van der Waals surface area contributed by atoms with Gasteiger partial charge in [-0.15, -0.1) is 0 Å². The van der Waals surface area contributed by atoms with Crippen molar-refractivity contribution < 1.29 is 18.0 Å². The fourth-order valence-electron chi connectivity index (χ4n) is 3.67. The molecular formula is C25H23N3O4S. The monoisotopic (exact) mass is 461 g/mol. The molecule has 0 bridgehead atoms. The highest BCUT2D eigenvalue weighted by Gasteiger charge is 2.40. The number of carbonyl (C=O) groups excluding carboxylic acids is 2. The molecule has 4 rings (SSSR count). The van der Waals surface area contributed by atoms with E-state index >= 15 is 0 Å². The lowest BCUT2D eigenvalue weighted by atomic mass is 10.1. The number of amides is 1. The van der Waals surface area contributed by atoms with Gasteiger partial charge in [0.15, 0.2) is 4.91 Å². The van der Waals surface area contributed by atoms with Crippen molar-refractivity contribution in [3.8, 4) is 0 Å². The number of benzene rings is 3. The largest absolute Gasteiger partial charge is 0.360 e. The molecule has 1 aliphatic rings. The van der Waals surface area contributed by atoms with Crippen LogP contribution in [0.1, 0.15) is 28.4 Å². The molecule has 0 aliphatic carbocycles. The summed E-state index contributed by atoms with van der Waals surface area (Å²) in [6.07, 6.45) is 1.23. The normalized spacial score (nSPS) is 15.8. The van der Waals surface area contributed by atoms with Crippen LogP contribution in [-0.4, -0.2) is 20.1 Å². The first-order chi connectivity index (χ1) is 15.8. The van der Waals surface area contributed by atoms with Crippen LogP contribution in [0.3, 0.4) is 0 Å². The summed E-state index contributed by atoms with van der Waals surface area (Å²) in [5.74, 6) is -0.752. The summed E-state index contributed by atoms with van der Waals surface area (Å²) in [5.41, 5.74) is 3.72. The number of ketones is 1. The predicted molar refractivity (Wildman–Crippen MR) is 130 cm³/mol. The summed E-state index contributed by atoms with van der Waals surface area (Å²) in [5, 5.41) is 5.57. The minimum Gasteiger partial charge on any atom is -0.360 e. The number of allylic oxidation sites excluding steroid dienone is 1. The van der Waals surface area contributed by atoms with Gasteiger partial charge >= 0.3 is 0 Å². The van der Waals surface area contributed by atoms with Gasteiger partial charge in [-0.2, -0.15) is 0 Å². The van der Waals surface area contributed by atoms with Crippen LogP contribution in [0.2, 0.25) is 0 Å². The van der Waals surface area contributed by atoms with Crippen molar-refractivity contribution >= 4 is 38.8 Å². The van der Waals surface area contributed by atoms with Gasteiger partial charge in [-0.3, -0.25) is 13.9 Å². The number of nitrogens with one attached hydrogen (secondary N) is 2. The van der Waals surface area contributed by atoms with E-state index in [9.17, 15) is 18.0 Å². The first-order valence-electron chi connectivity index (χ1n) is 10.3. The Bertz CT molecular complexity index is 1360. The maximum atomic E-state index is 13.5. The molecule has 0 saturated heterocycles. The van der Waals surface area contributed by atoms with Gasteiger partial charge in [0.1, 0.15) is 0 Å². The van der Waals surface area contributed by atoms with E-state index in [2.05, 4.69) is 10.6 Å². The summed E-state index contributed by atoms with van der Waals surface area (Å²) in [4.78, 5) is 24.0. The zero-order valence-corrected chi connectivity index (χ0v) is 19.0. The van der Waals surface area contributed by atoms with E-state index in [4.69, 9.17) is 0 Å². The molecular weight excluding hydrogens is 438 g/mol. The van der Waals surface area contributed by atoms with Gasteiger partial charge in [0.2, 0.25) is 11.7 Å². The Balaban J connectivity index is 1.69. The number of anilines is 3. The lowest BCUT2D eigenvalue weighted by Crippen LogP contribution is -2.39. The summed E-state index contributed by atoms with van der Waals surface area (Å²) < 4.78 is 28.3. The second-order valence-corrected chi connectivity index (χ2v) is 9.59. The first-order valence-corrected chi connectivity index (χ1v) is 11.8. The molecule has 7 nitrogen and oxygen atoms in total. The maximum Gasteiger partial charge on any atom is 0.270 e. The van der Waals surface area contributed by atoms with Gasteiger partial charge in [-0.25, -0.2) is 8.42 Å². The smallest absolute Gasteiger partial charge is 0.270 e. The van der Waals surface area contributed by atoms with Crippen LogP contribution in [-0.2, 0) is 21.4 Å². The molecule has 0 spiro atoms. The summed E-state index contributed by atoms with van der Waals surface area (Å²) in [6, 6.07) is 21.0. The number of fused-ring (bicyclic) bond motifs is 1. The highest BCUT2D eigenvalue weighted by molar-refractivity contribution is 7.97. The second-order valence-electron chi connectivity index (χ2n) is 7.76. The van der Waals surface area contributed by atoms with E-state index < -0.39 is 15.8 Å². The molecule has 8 heteroatoms. The second kappa shape index (κ2) is 8.91. The number of hydrogen-bond donors (Lipinski definition) is 2. The van der Waals surface area contributed by atoms with E-state index in [1.165, 1.54) is 17.4 Å². The number of nitrogens with zero attached hydrogens (tertiary/aromatic N) is 1. The van der Waals surface area contributed by atoms with Crippen molar-refractivity contribution in [3.05, 3.63) is 101 Å². The minimum absolute atomic E-state index is 0.108. The standard InChI is InChI=1S/C25H23N3O4S/c1-17-6-5-7-19(14-17)16-28-23-9-4-3-8-22(23)25(30)24(33(28,31)32)15-26-20-10-12-21(13-11-20)27-18(2)29/h3-15,26H,16H2,1-2H3,(H,27,29). The molecule has 33 heavy (non-hydrogen) atoms. The van der Waals surface area contributed by atoms with E-state index in [-0.39, 0.29) is 17.4 Å². The van der Waals surface area contributed by atoms with Crippen LogP contribution in [0, 0.1) is 6.92 Å². The molecule has 1 aliphatic heterocycles. The number of Topliss-reactive ketones (excluding diaryl/α,β-unsaturated/α-hetero) is 1. The third-order valence-electron chi connectivity index (χ3n) is 5.19. The molecule has 0 aromatic heterocycles. The Morgan fingerprint density at radius 1 is 0.970 bits per heavy atom. The number of para-hydroxylation sites is 1. The maximum absolute atomic E-state index is 13.5. The summed E-state index contributed by atoms with van der Waals surface area (Å²) >= 11 is 0. The molecule has 168 valence electrons. The van der Waals surface area contributed by atoms with Gasteiger partial charge in [0.05, 0.1) is 12.2 Å². The van der Waals surface area contributed by atoms with Gasteiger partial charge < -0.3 is 10.6 Å². The quantitative estimate of drug-likeness (QED) is 0.548. The van der Waals surface area contributed by atoms with Crippen LogP contribution < -0.4 is 14.9 Å². The van der Waals surface area contributed by atoms with Crippen molar-refractivity contribution in [2.45, 2.75) is 20.4 Å². The van der Waals surface area contributed by atoms with Crippen LogP contribution in [0.4, 0.5) is 17.1 Å². The first kappa shape index (κ1) is 22.3. The molecule has 0 saturated carbocycles. The zero-order chi connectivity index (χ0) is 23.6. The number of carbonyl (C=O) groups is 2. The molecule has 3 aromatic carbocycles. The molecule has 0 unspecified atom stereocenters. The lowest BCUT2D eigenvalue weighted by molar-refractivity contribution is -0.114.